The fourth-order valence-electron chi connectivity index (χ4n) is 2.01. The molecule has 2 rings (SSSR count). The highest BCUT2D eigenvalue weighted by atomic mass is 79.9. The normalized spacial score (nSPS) is 15.4. The molecule has 1 aromatic rings. The van der Waals surface area contributed by atoms with E-state index in [2.05, 4.69) is 21.2 Å². The van der Waals surface area contributed by atoms with Crippen LogP contribution >= 0.6 is 15.9 Å². The lowest BCUT2D eigenvalue weighted by Gasteiger charge is -2.25. The highest BCUT2D eigenvalue weighted by molar-refractivity contribution is 9.10. The first-order valence-corrected chi connectivity index (χ1v) is 6.79. The number of nitrogens with one attached hydrogen (secondary N) is 1. The Morgan fingerprint density at radius 2 is 2.24 bits per heavy atom. The fourth-order valence-corrected chi connectivity index (χ4v) is 2.39. The Bertz CT molecular complexity index is 416. The number of carbonyl (C=O) groups excluding carboxylic acids is 1. The molecule has 0 unspecified atom stereocenters. The number of nitrogens with two attached hydrogens (primary N) is 1. The average Bonchev–Trinajstić information content (AvgIpc) is 2.21. The Morgan fingerprint density at radius 1 is 1.47 bits per heavy atom. The molecule has 0 aliphatic heterocycles. The largest absolute Gasteiger partial charge is 0.398 e. The van der Waals surface area contributed by atoms with Gasteiger partial charge in [0.25, 0.3) is 5.91 Å². The number of hydrogen-bond acceptors (Lipinski definition) is 2. The zero-order valence-corrected chi connectivity index (χ0v) is 11.3. The molecule has 1 amide bonds. The van der Waals surface area contributed by atoms with Gasteiger partial charge < -0.3 is 11.1 Å². The van der Waals surface area contributed by atoms with E-state index in [1.807, 2.05) is 6.07 Å². The van der Waals surface area contributed by atoms with Crippen molar-refractivity contribution in [2.24, 2.45) is 5.92 Å². The number of anilines is 1. The van der Waals surface area contributed by atoms with Crippen molar-refractivity contribution in [3.8, 4) is 0 Å². The zero-order valence-electron chi connectivity index (χ0n) is 9.71. The van der Waals surface area contributed by atoms with Crippen LogP contribution in [-0.4, -0.2) is 12.5 Å². The summed E-state index contributed by atoms with van der Waals surface area (Å²) in [5.41, 5.74) is 6.87. The minimum Gasteiger partial charge on any atom is -0.398 e. The fraction of sp³-hybridized carbons (Fsp3) is 0.462. The van der Waals surface area contributed by atoms with Gasteiger partial charge in [-0.15, -0.1) is 0 Å². The summed E-state index contributed by atoms with van der Waals surface area (Å²) >= 11 is 3.32. The highest BCUT2D eigenvalue weighted by Gasteiger charge is 2.17. The molecule has 1 fully saturated rings. The summed E-state index contributed by atoms with van der Waals surface area (Å²) in [6.45, 7) is 0.749. The van der Waals surface area contributed by atoms with Crippen LogP contribution in [0, 0.1) is 5.92 Å². The van der Waals surface area contributed by atoms with Crippen LogP contribution in [0.25, 0.3) is 0 Å². The van der Waals surface area contributed by atoms with E-state index < -0.39 is 0 Å². The van der Waals surface area contributed by atoms with Crippen molar-refractivity contribution < 1.29 is 4.79 Å². The van der Waals surface area contributed by atoms with Crippen LogP contribution in [0.2, 0.25) is 0 Å². The second-order valence-corrected chi connectivity index (χ2v) is 5.49. The van der Waals surface area contributed by atoms with Crippen LogP contribution in [0.4, 0.5) is 5.69 Å². The second-order valence-electron chi connectivity index (χ2n) is 4.57. The van der Waals surface area contributed by atoms with Crippen molar-refractivity contribution >= 4 is 27.5 Å². The molecule has 0 radical (unpaired) electrons. The van der Waals surface area contributed by atoms with E-state index in [0.29, 0.717) is 11.3 Å². The first-order chi connectivity index (χ1) is 8.16. The molecule has 3 nitrogen and oxygen atoms in total. The van der Waals surface area contributed by atoms with Crippen LogP contribution in [0.15, 0.2) is 22.7 Å². The number of carbonyl (C=O) groups is 1. The minimum atomic E-state index is -0.0747. The lowest BCUT2D eigenvalue weighted by Crippen LogP contribution is -2.28. The van der Waals surface area contributed by atoms with E-state index in [0.717, 1.165) is 23.4 Å². The lowest BCUT2D eigenvalue weighted by atomic mass is 9.83. The van der Waals surface area contributed by atoms with Crippen molar-refractivity contribution in [1.29, 1.82) is 0 Å². The third kappa shape index (κ3) is 3.22. The maximum atomic E-state index is 11.9. The SMILES string of the molecule is Nc1cc(Br)ccc1C(=O)NCCC1CCC1. The van der Waals surface area contributed by atoms with Crippen molar-refractivity contribution in [3.63, 3.8) is 0 Å². The van der Waals surface area contributed by atoms with Gasteiger partial charge in [0.05, 0.1) is 5.56 Å². The summed E-state index contributed by atoms with van der Waals surface area (Å²) in [5.74, 6) is 0.742. The molecule has 0 bridgehead atoms. The van der Waals surface area contributed by atoms with Crippen LogP contribution in [-0.2, 0) is 0 Å². The van der Waals surface area contributed by atoms with Gasteiger partial charge in [-0.2, -0.15) is 0 Å². The Kier molecular flexibility index (Phi) is 4.05. The first kappa shape index (κ1) is 12.4. The molecule has 0 saturated heterocycles. The Hall–Kier alpha value is -1.03. The summed E-state index contributed by atoms with van der Waals surface area (Å²) in [6.07, 6.45) is 5.06. The van der Waals surface area contributed by atoms with E-state index in [4.69, 9.17) is 5.73 Å². The van der Waals surface area contributed by atoms with Gasteiger partial charge in [-0.1, -0.05) is 35.2 Å². The van der Waals surface area contributed by atoms with Gasteiger partial charge in [0, 0.05) is 16.7 Å². The Balaban J connectivity index is 1.85. The zero-order chi connectivity index (χ0) is 12.3. The number of rotatable bonds is 4. The van der Waals surface area contributed by atoms with Crippen LogP contribution in [0.5, 0.6) is 0 Å². The van der Waals surface area contributed by atoms with E-state index >= 15 is 0 Å². The van der Waals surface area contributed by atoms with Gasteiger partial charge >= 0.3 is 0 Å². The molecule has 4 heteroatoms. The molecule has 0 heterocycles. The number of hydrogen-bond donors (Lipinski definition) is 2. The predicted octanol–water partition coefficient (Wildman–Crippen LogP) is 2.95. The molecule has 0 atom stereocenters. The summed E-state index contributed by atoms with van der Waals surface area (Å²) in [7, 11) is 0. The monoisotopic (exact) mass is 296 g/mol. The van der Waals surface area contributed by atoms with Gasteiger partial charge in [0.2, 0.25) is 0 Å². The quantitative estimate of drug-likeness (QED) is 0.840. The van der Waals surface area contributed by atoms with Crippen molar-refractivity contribution in [1.82, 2.24) is 5.32 Å². The second kappa shape index (κ2) is 5.54. The van der Waals surface area contributed by atoms with Gasteiger partial charge in [0.1, 0.15) is 0 Å². The Labute approximate surface area is 110 Å². The molecule has 0 aromatic heterocycles. The lowest BCUT2D eigenvalue weighted by molar-refractivity contribution is 0.0950. The summed E-state index contributed by atoms with van der Waals surface area (Å²) in [4.78, 5) is 11.9. The average molecular weight is 297 g/mol. The molecule has 1 aliphatic carbocycles. The van der Waals surface area contributed by atoms with Gasteiger partial charge in [0.15, 0.2) is 0 Å². The first-order valence-electron chi connectivity index (χ1n) is 6.00. The van der Waals surface area contributed by atoms with E-state index in [1.165, 1.54) is 19.3 Å². The minimum absolute atomic E-state index is 0.0747. The molecule has 1 saturated carbocycles. The van der Waals surface area contributed by atoms with E-state index in [9.17, 15) is 4.79 Å². The smallest absolute Gasteiger partial charge is 0.253 e. The molecule has 3 N–H and O–H groups in total. The highest BCUT2D eigenvalue weighted by Crippen LogP contribution is 2.28. The van der Waals surface area contributed by atoms with Gasteiger partial charge in [-0.05, 0) is 30.5 Å². The molecule has 1 aliphatic rings. The standard InChI is InChI=1S/C13H17BrN2O/c14-10-4-5-11(12(15)8-10)13(17)16-7-6-9-2-1-3-9/h4-5,8-9H,1-3,6-7,15H2,(H,16,17). The molecule has 92 valence electrons. The topological polar surface area (TPSA) is 55.1 Å². The molecular formula is C13H17BrN2O. The van der Waals surface area contributed by atoms with Crippen LogP contribution in [0.3, 0.4) is 0 Å². The number of amides is 1. The van der Waals surface area contributed by atoms with Crippen LogP contribution < -0.4 is 11.1 Å². The third-order valence-electron chi connectivity index (χ3n) is 3.32. The van der Waals surface area contributed by atoms with E-state index in [1.54, 1.807) is 12.1 Å². The van der Waals surface area contributed by atoms with Gasteiger partial charge in [-0.25, -0.2) is 0 Å². The number of benzene rings is 1. The van der Waals surface area contributed by atoms with Crippen molar-refractivity contribution in [2.75, 3.05) is 12.3 Å². The maximum Gasteiger partial charge on any atom is 0.253 e. The summed E-state index contributed by atoms with van der Waals surface area (Å²) < 4.78 is 0.890. The third-order valence-corrected chi connectivity index (χ3v) is 3.81. The molecule has 17 heavy (non-hydrogen) atoms. The van der Waals surface area contributed by atoms with Crippen LogP contribution in [0.1, 0.15) is 36.0 Å². The molecule has 0 spiro atoms. The summed E-state index contributed by atoms with van der Waals surface area (Å²) in [6, 6.07) is 5.33. The predicted molar refractivity (Wildman–Crippen MR) is 72.8 cm³/mol. The molecule has 1 aromatic carbocycles. The Morgan fingerprint density at radius 3 is 2.82 bits per heavy atom. The summed E-state index contributed by atoms with van der Waals surface area (Å²) in [5, 5.41) is 2.92. The van der Waals surface area contributed by atoms with Crippen molar-refractivity contribution in [3.05, 3.63) is 28.2 Å². The number of halogens is 1. The molecular weight excluding hydrogens is 280 g/mol. The number of nitrogen functional groups attached to an aromatic ring is 1. The maximum absolute atomic E-state index is 11.9. The van der Waals surface area contributed by atoms with Gasteiger partial charge in [-0.3, -0.25) is 4.79 Å². The van der Waals surface area contributed by atoms with Crippen molar-refractivity contribution in [2.45, 2.75) is 25.7 Å². The van der Waals surface area contributed by atoms with E-state index in [-0.39, 0.29) is 5.91 Å².